The molecule has 0 heterocycles. The van der Waals surface area contributed by atoms with Gasteiger partial charge in [-0.05, 0) is 17.3 Å². The van der Waals surface area contributed by atoms with Crippen LogP contribution in [-0.2, 0) is 0 Å². The van der Waals surface area contributed by atoms with Crippen molar-refractivity contribution in [2.24, 2.45) is 10.2 Å². The third-order valence-electron chi connectivity index (χ3n) is 0.794. The van der Waals surface area contributed by atoms with E-state index in [1.54, 1.807) is 7.05 Å². The lowest BCUT2D eigenvalue weighted by molar-refractivity contribution is 0.768. The second kappa shape index (κ2) is 8.04. The van der Waals surface area contributed by atoms with Crippen molar-refractivity contribution in [2.45, 2.75) is 12.8 Å². The zero-order valence-electron chi connectivity index (χ0n) is 5.55. The fraction of sp³-hybridized carbons (Fsp3) is 1.00. The van der Waals surface area contributed by atoms with Gasteiger partial charge in [-0.15, -0.1) is 0 Å². The van der Waals surface area contributed by atoms with Crippen molar-refractivity contribution in [1.82, 2.24) is 4.91 Å². The molecule has 0 aromatic carbocycles. The Kier molecular flexibility index (Phi) is 8.08. The van der Waals surface area contributed by atoms with Gasteiger partial charge < -0.3 is 0 Å². The fourth-order valence-corrected chi connectivity index (χ4v) is 0.924. The third kappa shape index (κ3) is 8.04. The predicted molar refractivity (Wildman–Crippen MR) is 45.9 cm³/mol. The van der Waals surface area contributed by atoms with Crippen molar-refractivity contribution in [3.63, 3.8) is 0 Å². The average Bonchev–Trinajstić information content (AvgIpc) is 1.89. The quantitative estimate of drug-likeness (QED) is 0.236. The van der Waals surface area contributed by atoms with Gasteiger partial charge in [0.05, 0.1) is 0 Å². The van der Waals surface area contributed by atoms with Crippen LogP contribution >= 0.6 is 22.6 Å². The smallest absolute Gasteiger partial charge is 0.0864 e. The first kappa shape index (κ1) is 9.04. The second-order valence-electron chi connectivity index (χ2n) is 1.55. The molecule has 0 spiro atoms. The van der Waals surface area contributed by atoms with Crippen LogP contribution in [0.1, 0.15) is 12.8 Å². The summed E-state index contributed by atoms with van der Waals surface area (Å²) >= 11 is 2.35. The number of alkyl halides is 1. The first-order valence-corrected chi connectivity index (χ1v) is 4.46. The maximum absolute atomic E-state index is 3.78. The maximum Gasteiger partial charge on any atom is 0.216 e. The van der Waals surface area contributed by atoms with Gasteiger partial charge >= 0.3 is 0 Å². The Morgan fingerprint density at radius 3 is 2.78 bits per heavy atom. The van der Waals surface area contributed by atoms with Gasteiger partial charge in [-0.2, -0.15) is 0 Å². The van der Waals surface area contributed by atoms with E-state index in [4.69, 9.17) is 0 Å². The molecule has 0 aromatic rings. The normalized spacial score (nSPS) is 8.22. The molecule has 0 saturated heterocycles. The third-order valence-corrected chi connectivity index (χ3v) is 1.56. The van der Waals surface area contributed by atoms with Gasteiger partial charge in [-0.1, -0.05) is 22.6 Å². The van der Waals surface area contributed by atoms with Gasteiger partial charge in [0.1, 0.15) is 23.8 Å². The SMILES string of the molecule is CN=[N+]=NCCCCI. The average molecular weight is 240 g/mol. The van der Waals surface area contributed by atoms with Crippen LogP contribution in [0.25, 0.3) is 0 Å². The Balaban J connectivity index is 3.00. The minimum Gasteiger partial charge on any atom is -0.0864 e. The highest BCUT2D eigenvalue weighted by molar-refractivity contribution is 14.1. The molecule has 0 bridgehead atoms. The summed E-state index contributed by atoms with van der Waals surface area (Å²) in [6.07, 6.45) is 2.35. The lowest BCUT2D eigenvalue weighted by Crippen LogP contribution is -1.81. The molecule has 3 nitrogen and oxygen atoms in total. The molecule has 0 rings (SSSR count). The van der Waals surface area contributed by atoms with Crippen LogP contribution < -0.4 is 4.91 Å². The Labute approximate surface area is 68.8 Å². The van der Waals surface area contributed by atoms with Crippen LogP contribution in [0.4, 0.5) is 0 Å². The van der Waals surface area contributed by atoms with E-state index >= 15 is 0 Å². The molecule has 0 amide bonds. The van der Waals surface area contributed by atoms with Crippen molar-refractivity contribution in [3.05, 3.63) is 0 Å². The summed E-state index contributed by atoms with van der Waals surface area (Å²) in [5, 5.41) is 7.27. The summed E-state index contributed by atoms with van der Waals surface area (Å²) in [6, 6.07) is 0. The standard InChI is InChI=1S/C5H11IN3/c1-7-9-8-5-3-2-4-6/h2-5H2,1H3/q+1. The molecule has 0 fully saturated rings. The van der Waals surface area contributed by atoms with E-state index in [9.17, 15) is 0 Å². The van der Waals surface area contributed by atoms with Crippen LogP contribution in [0.2, 0.25) is 0 Å². The zero-order valence-corrected chi connectivity index (χ0v) is 7.71. The van der Waals surface area contributed by atoms with E-state index in [-0.39, 0.29) is 0 Å². The molecule has 0 saturated carbocycles. The van der Waals surface area contributed by atoms with E-state index in [2.05, 4.69) is 37.7 Å². The molecule has 0 aliphatic carbocycles. The van der Waals surface area contributed by atoms with Crippen molar-refractivity contribution in [2.75, 3.05) is 18.0 Å². The molecule has 4 heteroatoms. The van der Waals surface area contributed by atoms with Gasteiger partial charge in [0, 0.05) is 0 Å². The summed E-state index contributed by atoms with van der Waals surface area (Å²) in [5.74, 6) is 0. The largest absolute Gasteiger partial charge is 0.216 e. The van der Waals surface area contributed by atoms with E-state index in [1.807, 2.05) is 0 Å². The molecule has 0 aliphatic rings. The summed E-state index contributed by atoms with van der Waals surface area (Å²) in [6.45, 7) is 0.820. The van der Waals surface area contributed by atoms with Gasteiger partial charge in [0.2, 0.25) is 4.91 Å². The van der Waals surface area contributed by atoms with Gasteiger partial charge in [0.15, 0.2) is 0 Å². The van der Waals surface area contributed by atoms with E-state index in [0.29, 0.717) is 0 Å². The minimum atomic E-state index is 0.820. The summed E-state index contributed by atoms with van der Waals surface area (Å²) < 4.78 is 1.20. The molecule has 0 N–H and O–H groups in total. The van der Waals surface area contributed by atoms with Crippen LogP contribution in [0, 0.1) is 0 Å². The minimum absolute atomic E-state index is 0.820. The molecule has 0 atom stereocenters. The Bertz CT molecular complexity index is 107. The van der Waals surface area contributed by atoms with Gasteiger partial charge in [-0.3, -0.25) is 0 Å². The van der Waals surface area contributed by atoms with Crippen LogP contribution in [0.15, 0.2) is 10.2 Å². The van der Waals surface area contributed by atoms with Gasteiger partial charge in [-0.25, -0.2) is 0 Å². The Hall–Kier alpha value is 0.0400. The number of hydrogen-bond donors (Lipinski definition) is 0. The molecular formula is C5H11IN3+. The first-order chi connectivity index (χ1) is 4.41. The van der Waals surface area contributed by atoms with Crippen LogP contribution in [0.3, 0.4) is 0 Å². The van der Waals surface area contributed by atoms with E-state index in [0.717, 1.165) is 13.0 Å². The molecule has 0 aliphatic heterocycles. The summed E-state index contributed by atoms with van der Waals surface area (Å²) in [4.78, 5) is 3.49. The van der Waals surface area contributed by atoms with Crippen molar-refractivity contribution >= 4 is 22.6 Å². The molecule has 52 valence electrons. The summed E-state index contributed by atoms with van der Waals surface area (Å²) in [5.41, 5.74) is 0. The fourth-order valence-electron chi connectivity index (χ4n) is 0.385. The lowest BCUT2D eigenvalue weighted by Gasteiger charge is -1.81. The van der Waals surface area contributed by atoms with Crippen molar-refractivity contribution < 1.29 is 0 Å². The van der Waals surface area contributed by atoms with Crippen molar-refractivity contribution in [3.8, 4) is 0 Å². The topological polar surface area (TPSA) is 38.8 Å². The number of halogens is 1. The molecule has 0 aromatic heterocycles. The Morgan fingerprint density at radius 2 is 2.22 bits per heavy atom. The molecular weight excluding hydrogens is 229 g/mol. The molecule has 9 heavy (non-hydrogen) atoms. The van der Waals surface area contributed by atoms with E-state index < -0.39 is 0 Å². The lowest BCUT2D eigenvalue weighted by atomic mass is 10.3. The monoisotopic (exact) mass is 240 g/mol. The van der Waals surface area contributed by atoms with Gasteiger partial charge in [0.25, 0.3) is 0 Å². The predicted octanol–water partition coefficient (Wildman–Crippen LogP) is 1.80. The highest BCUT2D eigenvalue weighted by atomic mass is 127. The van der Waals surface area contributed by atoms with Crippen LogP contribution in [0.5, 0.6) is 0 Å². The number of hydrogen-bond acceptors (Lipinski definition) is 2. The first-order valence-electron chi connectivity index (χ1n) is 2.93. The zero-order chi connectivity index (χ0) is 6.95. The van der Waals surface area contributed by atoms with Crippen LogP contribution in [-0.4, -0.2) is 18.0 Å². The summed E-state index contributed by atoms with van der Waals surface area (Å²) in [7, 11) is 1.63. The van der Waals surface area contributed by atoms with Crippen molar-refractivity contribution in [1.29, 1.82) is 0 Å². The number of nitrogens with zero attached hydrogens (tertiary/aromatic N) is 3. The Morgan fingerprint density at radius 1 is 1.44 bits per heavy atom. The molecule has 0 radical (unpaired) electrons. The second-order valence-corrected chi connectivity index (χ2v) is 2.63. The highest BCUT2D eigenvalue weighted by Crippen LogP contribution is 1.93. The highest BCUT2D eigenvalue weighted by Gasteiger charge is 1.86. The molecule has 0 unspecified atom stereocenters. The maximum atomic E-state index is 3.78. The number of unbranched alkanes of at least 4 members (excludes halogenated alkanes) is 1. The van der Waals surface area contributed by atoms with E-state index in [1.165, 1.54) is 10.8 Å². The number of rotatable bonds is 4.